The number of likely N-dealkylation sites (tertiary alicyclic amines) is 1. The van der Waals surface area contributed by atoms with E-state index in [2.05, 4.69) is 20.0 Å². The van der Waals surface area contributed by atoms with Crippen LogP contribution in [-0.4, -0.2) is 70.1 Å². The van der Waals surface area contributed by atoms with E-state index >= 15 is 0 Å². The van der Waals surface area contributed by atoms with Crippen molar-refractivity contribution in [3.63, 3.8) is 0 Å². The molecule has 2 aromatic heterocycles. The molecule has 2 aliphatic rings. The van der Waals surface area contributed by atoms with Crippen molar-refractivity contribution in [2.24, 2.45) is 17.6 Å². The third-order valence-electron chi connectivity index (χ3n) is 7.53. The molecule has 39 heavy (non-hydrogen) atoms. The van der Waals surface area contributed by atoms with Crippen LogP contribution in [0.15, 0.2) is 24.4 Å². The van der Waals surface area contributed by atoms with E-state index < -0.39 is 24.0 Å². The minimum atomic E-state index is -4.69. The molecule has 2 N–H and O–H groups in total. The molecule has 0 spiro atoms. The number of amides is 1. The number of rotatable bonds is 7. The van der Waals surface area contributed by atoms with Gasteiger partial charge in [-0.2, -0.15) is 18.3 Å². The van der Waals surface area contributed by atoms with Crippen LogP contribution in [0.25, 0.3) is 11.2 Å². The molecular formula is C25H28Cl2F3N7O2. The second-order valence-corrected chi connectivity index (χ2v) is 10.9. The summed E-state index contributed by atoms with van der Waals surface area (Å²) in [7, 11) is 0. The smallest absolute Gasteiger partial charge is 0.437 e. The number of benzene rings is 1. The Morgan fingerprint density at radius 3 is 2.69 bits per heavy atom. The van der Waals surface area contributed by atoms with Crippen LogP contribution in [0, 0.1) is 11.8 Å². The van der Waals surface area contributed by atoms with Crippen LogP contribution >= 0.6 is 23.2 Å². The first kappa shape index (κ1) is 27.7. The Hall–Kier alpha value is -2.83. The summed E-state index contributed by atoms with van der Waals surface area (Å²) in [5, 5.41) is 4.64. The van der Waals surface area contributed by atoms with Crippen LogP contribution in [0.5, 0.6) is 0 Å². The van der Waals surface area contributed by atoms with E-state index in [1.807, 2.05) is 4.90 Å². The Bertz CT molecular complexity index is 1360. The van der Waals surface area contributed by atoms with Gasteiger partial charge < -0.3 is 15.4 Å². The first-order valence-electron chi connectivity index (χ1n) is 12.7. The molecule has 0 saturated carbocycles. The van der Waals surface area contributed by atoms with E-state index in [1.165, 1.54) is 10.9 Å². The predicted molar refractivity (Wildman–Crippen MR) is 141 cm³/mol. The van der Waals surface area contributed by atoms with Gasteiger partial charge in [-0.05, 0) is 55.8 Å². The van der Waals surface area contributed by atoms with Crippen molar-refractivity contribution in [3.05, 3.63) is 45.7 Å². The summed E-state index contributed by atoms with van der Waals surface area (Å²) in [4.78, 5) is 23.9. The highest BCUT2D eigenvalue weighted by Crippen LogP contribution is 2.38. The summed E-state index contributed by atoms with van der Waals surface area (Å²) < 4.78 is 47.6. The summed E-state index contributed by atoms with van der Waals surface area (Å²) in [5.74, 6) is 1.39. The van der Waals surface area contributed by atoms with Crippen molar-refractivity contribution >= 4 is 46.3 Å². The summed E-state index contributed by atoms with van der Waals surface area (Å²) >= 11 is 12.4. The van der Waals surface area contributed by atoms with Gasteiger partial charge in [0.1, 0.15) is 17.9 Å². The Labute approximate surface area is 233 Å². The molecule has 2 fully saturated rings. The zero-order valence-corrected chi connectivity index (χ0v) is 22.7. The quantitative estimate of drug-likeness (QED) is 0.416. The summed E-state index contributed by atoms with van der Waals surface area (Å²) in [6, 6.07) is 4.19. The van der Waals surface area contributed by atoms with Gasteiger partial charge in [-0.15, -0.1) is 0 Å². The highest BCUT2D eigenvalue weighted by molar-refractivity contribution is 6.35. The lowest BCUT2D eigenvalue weighted by Crippen LogP contribution is -2.54. The van der Waals surface area contributed by atoms with Crippen molar-refractivity contribution in [2.75, 3.05) is 44.2 Å². The van der Waals surface area contributed by atoms with Gasteiger partial charge in [0.15, 0.2) is 11.3 Å². The standard InChI is InChI=1S/C25H28Cl2F3N7O2/c1-14(18-5-4-17(26)9-19(18)27)37-23-21(22(34-37)25(28,29)30)32-10-20(33-23)36-12-16(13-36)15-3-2-6-35(11-15)7-8-39-24(31)38/h4-5,9-10,14-16H,2-3,6-8,11-13H2,1H3,(H2,31,38)/t14-,15-/m1/s1. The average Bonchev–Trinajstić information content (AvgIpc) is 3.22. The number of halogens is 5. The molecule has 5 rings (SSSR count). The minimum absolute atomic E-state index is 0.0417. The number of primary amides is 1. The van der Waals surface area contributed by atoms with Gasteiger partial charge in [-0.3, -0.25) is 4.90 Å². The van der Waals surface area contributed by atoms with Gasteiger partial charge in [-0.25, -0.2) is 19.4 Å². The van der Waals surface area contributed by atoms with E-state index in [9.17, 15) is 18.0 Å². The fourth-order valence-electron chi connectivity index (χ4n) is 5.44. The van der Waals surface area contributed by atoms with Gasteiger partial charge in [0.05, 0.1) is 12.2 Å². The highest BCUT2D eigenvalue weighted by atomic mass is 35.5. The maximum atomic E-state index is 13.8. The molecule has 9 nitrogen and oxygen atoms in total. The number of carbonyl (C=O) groups is 1. The number of alkyl halides is 3. The first-order valence-corrected chi connectivity index (χ1v) is 13.4. The lowest BCUT2D eigenvalue weighted by Gasteiger charge is -2.47. The van der Waals surface area contributed by atoms with E-state index in [0.717, 1.165) is 39.0 Å². The molecule has 210 valence electrons. The SMILES string of the molecule is C[C@H](c1ccc(Cl)cc1Cl)n1nc(C(F)(F)F)c2ncc(N3CC([C@@H]4CCCN(CCOC(N)=O)C4)C3)nc21. The van der Waals surface area contributed by atoms with Crippen LogP contribution in [0.4, 0.5) is 23.8 Å². The Kier molecular flexibility index (Phi) is 7.80. The number of hydrogen-bond acceptors (Lipinski definition) is 7. The Morgan fingerprint density at radius 1 is 1.23 bits per heavy atom. The number of piperidine rings is 1. The third-order valence-corrected chi connectivity index (χ3v) is 8.10. The molecule has 0 unspecified atom stereocenters. The Balaban J connectivity index is 1.34. The zero-order chi connectivity index (χ0) is 27.9. The molecule has 2 aliphatic heterocycles. The van der Waals surface area contributed by atoms with Crippen molar-refractivity contribution in [1.29, 1.82) is 0 Å². The highest BCUT2D eigenvalue weighted by Gasteiger charge is 2.40. The maximum Gasteiger partial charge on any atom is 0.437 e. The lowest BCUT2D eigenvalue weighted by atomic mass is 9.80. The zero-order valence-electron chi connectivity index (χ0n) is 21.2. The van der Waals surface area contributed by atoms with Crippen LogP contribution < -0.4 is 10.6 Å². The Morgan fingerprint density at radius 2 is 2.00 bits per heavy atom. The molecule has 2 atom stereocenters. The molecule has 2 saturated heterocycles. The number of carbonyl (C=O) groups excluding carboxylic acids is 1. The molecular weight excluding hydrogens is 558 g/mol. The second kappa shape index (κ2) is 11.0. The molecule has 0 radical (unpaired) electrons. The van der Waals surface area contributed by atoms with Crippen LogP contribution in [0.2, 0.25) is 10.0 Å². The molecule has 1 aromatic carbocycles. The fourth-order valence-corrected chi connectivity index (χ4v) is 6.00. The van der Waals surface area contributed by atoms with Crippen LogP contribution in [-0.2, 0) is 10.9 Å². The largest absolute Gasteiger partial charge is 0.448 e. The van der Waals surface area contributed by atoms with Crippen molar-refractivity contribution in [1.82, 2.24) is 24.6 Å². The minimum Gasteiger partial charge on any atom is -0.448 e. The van der Waals surface area contributed by atoms with E-state index in [0.29, 0.717) is 39.8 Å². The lowest BCUT2D eigenvalue weighted by molar-refractivity contribution is -0.140. The van der Waals surface area contributed by atoms with Crippen molar-refractivity contribution in [2.45, 2.75) is 32.0 Å². The number of nitrogens with zero attached hydrogens (tertiary/aromatic N) is 6. The number of aromatic nitrogens is 4. The molecule has 0 bridgehead atoms. The van der Waals surface area contributed by atoms with Crippen molar-refractivity contribution < 1.29 is 22.7 Å². The first-order chi connectivity index (χ1) is 18.5. The normalized spacial score (nSPS) is 19.7. The topological polar surface area (TPSA) is 102 Å². The summed E-state index contributed by atoms with van der Waals surface area (Å²) in [6.07, 6.45) is -1.94. The second-order valence-electron chi connectivity index (χ2n) is 10.1. The summed E-state index contributed by atoms with van der Waals surface area (Å²) in [6.45, 7) is 5.91. The van der Waals surface area contributed by atoms with E-state index in [4.69, 9.17) is 33.7 Å². The average molecular weight is 586 g/mol. The number of nitrogens with two attached hydrogens (primary N) is 1. The van der Waals surface area contributed by atoms with Crippen LogP contribution in [0.1, 0.15) is 37.1 Å². The third kappa shape index (κ3) is 5.87. The van der Waals surface area contributed by atoms with E-state index in [-0.39, 0.29) is 17.8 Å². The number of ether oxygens (including phenoxy) is 1. The molecule has 0 aliphatic carbocycles. The van der Waals surface area contributed by atoms with Gasteiger partial charge >= 0.3 is 12.3 Å². The van der Waals surface area contributed by atoms with Crippen LogP contribution in [0.3, 0.4) is 0 Å². The molecule has 3 aromatic rings. The summed E-state index contributed by atoms with van der Waals surface area (Å²) in [5.41, 5.74) is 4.26. The number of fused-ring (bicyclic) bond motifs is 1. The van der Waals surface area contributed by atoms with E-state index in [1.54, 1.807) is 25.1 Å². The van der Waals surface area contributed by atoms with Gasteiger partial charge in [0.25, 0.3) is 0 Å². The maximum absolute atomic E-state index is 13.8. The fraction of sp³-hybridized carbons (Fsp3) is 0.520. The molecule has 1 amide bonds. The van der Waals surface area contributed by atoms with Crippen molar-refractivity contribution in [3.8, 4) is 0 Å². The number of anilines is 1. The van der Waals surface area contributed by atoms with Gasteiger partial charge in [0, 0.05) is 36.2 Å². The number of hydrogen-bond donors (Lipinski definition) is 1. The monoisotopic (exact) mass is 585 g/mol. The van der Waals surface area contributed by atoms with Gasteiger partial charge in [0.2, 0.25) is 0 Å². The molecule has 4 heterocycles. The van der Waals surface area contributed by atoms with Gasteiger partial charge in [-0.1, -0.05) is 29.3 Å². The predicted octanol–water partition coefficient (Wildman–Crippen LogP) is 5.00. The molecule has 14 heteroatoms.